The summed E-state index contributed by atoms with van der Waals surface area (Å²) in [5, 5.41) is 5.04. The van der Waals surface area contributed by atoms with E-state index in [1.807, 2.05) is 30.3 Å². The van der Waals surface area contributed by atoms with Gasteiger partial charge in [0.1, 0.15) is 5.69 Å². The second kappa shape index (κ2) is 6.24. The number of benzene rings is 1. The number of nitrogens with zero attached hydrogens (tertiary/aromatic N) is 2. The van der Waals surface area contributed by atoms with Crippen LogP contribution in [0.25, 0.3) is 21.9 Å². The van der Waals surface area contributed by atoms with Crippen LogP contribution in [0.3, 0.4) is 0 Å². The summed E-state index contributed by atoms with van der Waals surface area (Å²) in [5.41, 5.74) is 2.82. The summed E-state index contributed by atoms with van der Waals surface area (Å²) in [6, 6.07) is 11.5. The second-order valence-electron chi connectivity index (χ2n) is 5.43. The zero-order valence-corrected chi connectivity index (χ0v) is 13.5. The first-order valence-electron chi connectivity index (χ1n) is 7.91. The van der Waals surface area contributed by atoms with Gasteiger partial charge in [-0.05, 0) is 37.3 Å². The molecular formula is C19H15N3O3. The molecule has 0 amide bonds. The normalized spacial score (nSPS) is 10.9. The molecular weight excluding hydrogens is 318 g/mol. The fourth-order valence-electron chi connectivity index (χ4n) is 2.71. The van der Waals surface area contributed by atoms with Crippen LogP contribution in [-0.2, 0) is 4.74 Å². The van der Waals surface area contributed by atoms with E-state index in [0.29, 0.717) is 11.3 Å². The number of hydrogen-bond donors (Lipinski definition) is 1. The first-order chi connectivity index (χ1) is 12.3. The van der Waals surface area contributed by atoms with Gasteiger partial charge in [-0.15, -0.1) is 0 Å². The van der Waals surface area contributed by atoms with Crippen molar-refractivity contribution in [2.45, 2.75) is 6.92 Å². The maximum atomic E-state index is 12.3. The molecule has 0 aliphatic heterocycles. The summed E-state index contributed by atoms with van der Waals surface area (Å²) in [7, 11) is 0. The van der Waals surface area contributed by atoms with Crippen LogP contribution in [0.5, 0.6) is 0 Å². The van der Waals surface area contributed by atoms with Crippen LogP contribution in [0.1, 0.15) is 17.5 Å². The van der Waals surface area contributed by atoms with E-state index in [1.165, 1.54) is 0 Å². The number of hydrogen-bond acceptors (Lipinski definition) is 6. The first kappa shape index (κ1) is 15.1. The lowest BCUT2D eigenvalue weighted by Gasteiger charge is -2.08. The molecule has 0 saturated heterocycles. The topological polar surface area (TPSA) is 77.2 Å². The highest BCUT2D eigenvalue weighted by molar-refractivity contribution is 6.05. The van der Waals surface area contributed by atoms with Crippen LogP contribution in [0.2, 0.25) is 0 Å². The molecule has 0 unspecified atom stereocenters. The molecule has 6 heteroatoms. The van der Waals surface area contributed by atoms with Gasteiger partial charge in [-0.1, -0.05) is 6.07 Å². The molecule has 0 fully saturated rings. The number of pyridine rings is 2. The van der Waals surface area contributed by atoms with Gasteiger partial charge in [0.05, 0.1) is 18.3 Å². The number of ether oxygens (including phenoxy) is 1. The van der Waals surface area contributed by atoms with Crippen molar-refractivity contribution in [3.05, 3.63) is 60.7 Å². The SMILES string of the molecule is CCOC(=O)c1oc2cnccc2c1Nc1ccc2ncccc2c1. The molecule has 0 aliphatic carbocycles. The molecule has 1 aromatic carbocycles. The Labute approximate surface area is 143 Å². The molecule has 4 rings (SSSR count). The molecule has 0 atom stereocenters. The van der Waals surface area contributed by atoms with Crippen LogP contribution in [-0.4, -0.2) is 22.5 Å². The largest absolute Gasteiger partial charge is 0.460 e. The number of carbonyl (C=O) groups is 1. The molecule has 0 aliphatic rings. The Morgan fingerprint density at radius 1 is 1.24 bits per heavy atom. The minimum atomic E-state index is -0.511. The predicted molar refractivity (Wildman–Crippen MR) is 95.0 cm³/mol. The summed E-state index contributed by atoms with van der Waals surface area (Å²) >= 11 is 0. The van der Waals surface area contributed by atoms with Crippen molar-refractivity contribution in [2.75, 3.05) is 11.9 Å². The van der Waals surface area contributed by atoms with Crippen molar-refractivity contribution in [1.82, 2.24) is 9.97 Å². The molecule has 124 valence electrons. The molecule has 3 aromatic heterocycles. The fraction of sp³-hybridized carbons (Fsp3) is 0.105. The van der Waals surface area contributed by atoms with E-state index in [1.54, 1.807) is 31.6 Å². The molecule has 25 heavy (non-hydrogen) atoms. The van der Waals surface area contributed by atoms with Gasteiger partial charge in [0.25, 0.3) is 0 Å². The van der Waals surface area contributed by atoms with Gasteiger partial charge >= 0.3 is 5.97 Å². The summed E-state index contributed by atoms with van der Waals surface area (Å²) < 4.78 is 10.8. The van der Waals surface area contributed by atoms with E-state index in [0.717, 1.165) is 22.0 Å². The van der Waals surface area contributed by atoms with Gasteiger partial charge in [-0.3, -0.25) is 9.97 Å². The van der Waals surface area contributed by atoms with E-state index in [2.05, 4.69) is 15.3 Å². The van der Waals surface area contributed by atoms with Crippen molar-refractivity contribution in [3.63, 3.8) is 0 Å². The maximum absolute atomic E-state index is 12.3. The zero-order chi connectivity index (χ0) is 17.2. The van der Waals surface area contributed by atoms with E-state index in [-0.39, 0.29) is 12.4 Å². The molecule has 4 aromatic rings. The highest BCUT2D eigenvalue weighted by atomic mass is 16.5. The summed E-state index contributed by atoms with van der Waals surface area (Å²) in [5.74, 6) is -0.375. The Balaban J connectivity index is 1.81. The zero-order valence-electron chi connectivity index (χ0n) is 13.5. The average Bonchev–Trinajstić information content (AvgIpc) is 3.01. The first-order valence-corrected chi connectivity index (χ1v) is 7.91. The van der Waals surface area contributed by atoms with E-state index < -0.39 is 5.97 Å². The van der Waals surface area contributed by atoms with E-state index in [9.17, 15) is 4.79 Å². The number of furan rings is 1. The fourth-order valence-corrected chi connectivity index (χ4v) is 2.71. The number of anilines is 2. The summed E-state index contributed by atoms with van der Waals surface area (Å²) in [4.78, 5) is 20.6. The molecule has 0 bridgehead atoms. The maximum Gasteiger partial charge on any atom is 0.376 e. The highest BCUT2D eigenvalue weighted by Crippen LogP contribution is 2.33. The summed E-state index contributed by atoms with van der Waals surface area (Å²) in [6.07, 6.45) is 4.99. The van der Waals surface area contributed by atoms with Gasteiger partial charge in [-0.25, -0.2) is 4.79 Å². The number of aromatic nitrogens is 2. The molecule has 0 radical (unpaired) electrons. The number of nitrogens with one attached hydrogen (secondary N) is 1. The van der Waals surface area contributed by atoms with Gasteiger partial charge in [0.2, 0.25) is 5.76 Å². The monoisotopic (exact) mass is 333 g/mol. The molecule has 6 nitrogen and oxygen atoms in total. The number of rotatable bonds is 4. The van der Waals surface area contributed by atoms with Crippen molar-refractivity contribution in [3.8, 4) is 0 Å². The standard InChI is InChI=1S/C19H15N3O3/c1-2-24-19(23)18-17(14-7-9-20-11-16(14)25-18)22-13-5-6-15-12(10-13)4-3-8-21-15/h3-11,22H,2H2,1H3. The lowest BCUT2D eigenvalue weighted by molar-refractivity contribution is 0.0494. The predicted octanol–water partition coefficient (Wildman–Crippen LogP) is 4.30. The Kier molecular flexibility index (Phi) is 3.78. The van der Waals surface area contributed by atoms with Crippen LogP contribution in [0, 0.1) is 0 Å². The molecule has 0 spiro atoms. The Bertz CT molecular complexity index is 1070. The number of esters is 1. The van der Waals surface area contributed by atoms with Gasteiger partial charge in [-0.2, -0.15) is 0 Å². The van der Waals surface area contributed by atoms with Crippen molar-refractivity contribution >= 4 is 39.2 Å². The smallest absolute Gasteiger partial charge is 0.376 e. The van der Waals surface area contributed by atoms with Crippen LogP contribution in [0.15, 0.2) is 59.4 Å². The highest BCUT2D eigenvalue weighted by Gasteiger charge is 2.22. The van der Waals surface area contributed by atoms with Crippen molar-refractivity contribution < 1.29 is 13.9 Å². The van der Waals surface area contributed by atoms with Gasteiger partial charge in [0.15, 0.2) is 5.58 Å². The molecule has 1 N–H and O–H groups in total. The Hall–Kier alpha value is -3.41. The number of carbonyl (C=O) groups excluding carboxylic acids is 1. The number of fused-ring (bicyclic) bond motifs is 2. The minimum absolute atomic E-state index is 0.135. The minimum Gasteiger partial charge on any atom is -0.460 e. The lowest BCUT2D eigenvalue weighted by atomic mass is 10.2. The van der Waals surface area contributed by atoms with E-state index >= 15 is 0 Å². The van der Waals surface area contributed by atoms with Crippen molar-refractivity contribution in [2.24, 2.45) is 0 Å². The van der Waals surface area contributed by atoms with Gasteiger partial charge in [0, 0.05) is 28.9 Å². The third-order valence-electron chi connectivity index (χ3n) is 3.83. The molecule has 3 heterocycles. The lowest BCUT2D eigenvalue weighted by Crippen LogP contribution is -2.06. The Morgan fingerprint density at radius 3 is 3.04 bits per heavy atom. The average molecular weight is 333 g/mol. The summed E-state index contributed by atoms with van der Waals surface area (Å²) in [6.45, 7) is 2.03. The van der Waals surface area contributed by atoms with Crippen LogP contribution in [0.4, 0.5) is 11.4 Å². The molecule has 0 saturated carbocycles. The van der Waals surface area contributed by atoms with Crippen molar-refractivity contribution in [1.29, 1.82) is 0 Å². The third kappa shape index (κ3) is 2.78. The van der Waals surface area contributed by atoms with E-state index in [4.69, 9.17) is 9.15 Å². The van der Waals surface area contributed by atoms with Crippen LogP contribution >= 0.6 is 0 Å². The quantitative estimate of drug-likeness (QED) is 0.561. The van der Waals surface area contributed by atoms with Gasteiger partial charge < -0.3 is 14.5 Å². The third-order valence-corrected chi connectivity index (χ3v) is 3.83. The van der Waals surface area contributed by atoms with Crippen LogP contribution < -0.4 is 5.32 Å². The second-order valence-corrected chi connectivity index (χ2v) is 5.43. The Morgan fingerprint density at radius 2 is 2.16 bits per heavy atom.